The number of halogens is 5. The standard InChI is InChI=1S/C15H8F5NO4S/c1-25-7-2-4-8(5-3-7)26(24)10(21(22)23)6-9-11(16)13(18)15(20)14(19)12(9)17/h2-6H,1H3/b10-6+. The minimum atomic E-state index is -2.56. The fraction of sp³-hybridized carbons (Fsp3) is 0.0667. The topological polar surface area (TPSA) is 75.4 Å². The molecule has 138 valence electrons. The molecule has 0 radical (unpaired) electrons. The van der Waals surface area contributed by atoms with Crippen molar-refractivity contribution in [3.05, 3.63) is 74.1 Å². The minimum Gasteiger partial charge on any atom is -0.602 e. The minimum absolute atomic E-state index is 0.0522. The lowest BCUT2D eigenvalue weighted by atomic mass is 10.1. The van der Waals surface area contributed by atoms with E-state index in [4.69, 9.17) is 4.74 Å². The maximum atomic E-state index is 13.7. The third-order valence-corrected chi connectivity index (χ3v) is 4.50. The Labute approximate surface area is 146 Å². The van der Waals surface area contributed by atoms with Gasteiger partial charge in [-0.2, -0.15) is 0 Å². The van der Waals surface area contributed by atoms with Gasteiger partial charge < -0.3 is 9.29 Å². The van der Waals surface area contributed by atoms with Gasteiger partial charge >= 0.3 is 5.03 Å². The summed E-state index contributed by atoms with van der Waals surface area (Å²) in [4.78, 5) is 9.74. The molecule has 0 saturated carbocycles. The lowest BCUT2D eigenvalue weighted by Gasteiger charge is -2.08. The average molecular weight is 393 g/mol. The van der Waals surface area contributed by atoms with Crippen LogP contribution in [-0.2, 0) is 11.2 Å². The molecule has 0 aromatic heterocycles. The van der Waals surface area contributed by atoms with Crippen LogP contribution in [-0.4, -0.2) is 16.6 Å². The highest BCUT2D eigenvalue weighted by atomic mass is 32.2. The molecule has 26 heavy (non-hydrogen) atoms. The van der Waals surface area contributed by atoms with Crippen LogP contribution < -0.4 is 4.74 Å². The van der Waals surface area contributed by atoms with E-state index in [1.807, 2.05) is 0 Å². The number of rotatable bonds is 5. The van der Waals surface area contributed by atoms with E-state index in [-0.39, 0.29) is 11.0 Å². The Morgan fingerprint density at radius 2 is 1.46 bits per heavy atom. The van der Waals surface area contributed by atoms with Crippen LogP contribution >= 0.6 is 0 Å². The Hall–Kier alpha value is -2.66. The fourth-order valence-electron chi connectivity index (χ4n) is 1.87. The van der Waals surface area contributed by atoms with Gasteiger partial charge in [-0.15, -0.1) is 0 Å². The number of hydrogen-bond acceptors (Lipinski definition) is 4. The molecule has 0 aliphatic carbocycles. The lowest BCUT2D eigenvalue weighted by Crippen LogP contribution is -2.14. The van der Waals surface area contributed by atoms with Gasteiger partial charge in [0.25, 0.3) is 0 Å². The second kappa shape index (κ2) is 7.70. The maximum Gasteiger partial charge on any atom is 0.446 e. The van der Waals surface area contributed by atoms with Crippen LogP contribution in [0.2, 0.25) is 0 Å². The molecular formula is C15H8F5NO4S. The Bertz CT molecular complexity index is 860. The fourth-order valence-corrected chi connectivity index (χ4v) is 2.85. The van der Waals surface area contributed by atoms with Gasteiger partial charge in [0.1, 0.15) is 10.7 Å². The zero-order chi connectivity index (χ0) is 19.6. The number of benzene rings is 2. The van der Waals surface area contributed by atoms with Crippen LogP contribution in [0.4, 0.5) is 22.0 Å². The molecule has 11 heteroatoms. The largest absolute Gasteiger partial charge is 0.602 e. The molecular weight excluding hydrogens is 385 g/mol. The van der Waals surface area contributed by atoms with Crippen LogP contribution in [0.25, 0.3) is 6.08 Å². The van der Waals surface area contributed by atoms with Crippen molar-refractivity contribution in [2.24, 2.45) is 0 Å². The van der Waals surface area contributed by atoms with E-state index in [9.17, 15) is 36.6 Å². The summed E-state index contributed by atoms with van der Waals surface area (Å²) >= 11 is -2.56. The Morgan fingerprint density at radius 1 is 1.00 bits per heavy atom. The third kappa shape index (κ3) is 3.63. The first-order valence-corrected chi connectivity index (χ1v) is 7.77. The second-order valence-electron chi connectivity index (χ2n) is 4.67. The van der Waals surface area contributed by atoms with Crippen molar-refractivity contribution in [3.8, 4) is 5.75 Å². The first-order chi connectivity index (χ1) is 12.2. The van der Waals surface area contributed by atoms with Crippen LogP contribution in [0.5, 0.6) is 5.75 Å². The molecule has 2 aromatic rings. The number of nitro groups is 1. The van der Waals surface area contributed by atoms with Gasteiger partial charge in [-0.1, -0.05) is 0 Å². The molecule has 0 saturated heterocycles. The summed E-state index contributed by atoms with van der Waals surface area (Å²) in [6, 6.07) is 5.02. The van der Waals surface area contributed by atoms with E-state index < -0.39 is 55.8 Å². The predicted octanol–water partition coefficient (Wildman–Crippen LogP) is 3.77. The highest BCUT2D eigenvalue weighted by Gasteiger charge is 2.33. The summed E-state index contributed by atoms with van der Waals surface area (Å²) in [5, 5.41) is 9.85. The smallest absolute Gasteiger partial charge is 0.446 e. The summed E-state index contributed by atoms with van der Waals surface area (Å²) in [6.07, 6.45) is 0.0522. The van der Waals surface area contributed by atoms with E-state index in [1.54, 1.807) is 0 Å². The quantitative estimate of drug-likeness (QED) is 0.194. The van der Waals surface area contributed by atoms with Crippen LogP contribution in [0.15, 0.2) is 34.2 Å². The number of nitrogens with zero attached hydrogens (tertiary/aromatic N) is 1. The molecule has 0 spiro atoms. The van der Waals surface area contributed by atoms with Crippen molar-refractivity contribution in [3.63, 3.8) is 0 Å². The van der Waals surface area contributed by atoms with Gasteiger partial charge in [0.2, 0.25) is 5.82 Å². The SMILES string of the molecule is COc1ccc([S+]([O-])/C(=C/c2c(F)c(F)c(F)c(F)c2F)[N+](=O)[O-])cc1. The molecule has 0 heterocycles. The summed E-state index contributed by atoms with van der Waals surface area (Å²) < 4.78 is 84.0. The summed E-state index contributed by atoms with van der Waals surface area (Å²) in [7, 11) is 1.34. The first-order valence-electron chi connectivity index (χ1n) is 6.62. The van der Waals surface area contributed by atoms with E-state index >= 15 is 0 Å². The maximum absolute atomic E-state index is 13.7. The molecule has 1 unspecified atom stereocenters. The average Bonchev–Trinajstić information content (AvgIpc) is 2.64. The molecule has 2 aromatic carbocycles. The summed E-state index contributed by atoms with van der Waals surface area (Å²) in [5.74, 6) is -11.1. The van der Waals surface area contributed by atoms with E-state index in [0.29, 0.717) is 5.75 Å². The van der Waals surface area contributed by atoms with Gasteiger partial charge in [0, 0.05) is 0 Å². The predicted molar refractivity (Wildman–Crippen MR) is 80.6 cm³/mol. The van der Waals surface area contributed by atoms with Crippen LogP contribution in [0.1, 0.15) is 5.56 Å². The van der Waals surface area contributed by atoms with Gasteiger partial charge in [-0.3, -0.25) is 10.1 Å². The zero-order valence-electron chi connectivity index (χ0n) is 12.8. The van der Waals surface area contributed by atoms with Gasteiger partial charge in [-0.25, -0.2) is 22.0 Å². The van der Waals surface area contributed by atoms with Crippen molar-refractivity contribution in [2.75, 3.05) is 7.11 Å². The highest BCUT2D eigenvalue weighted by molar-refractivity contribution is 7.95. The summed E-state index contributed by atoms with van der Waals surface area (Å²) in [6.45, 7) is 0. The molecule has 5 nitrogen and oxygen atoms in total. The molecule has 0 N–H and O–H groups in total. The van der Waals surface area contributed by atoms with Crippen LogP contribution in [0, 0.1) is 39.2 Å². The molecule has 0 aliphatic rings. The first kappa shape index (κ1) is 19.7. The van der Waals surface area contributed by atoms with E-state index in [2.05, 4.69) is 0 Å². The molecule has 0 bridgehead atoms. The Kier molecular flexibility index (Phi) is 5.83. The van der Waals surface area contributed by atoms with Crippen molar-refractivity contribution in [2.45, 2.75) is 4.90 Å². The van der Waals surface area contributed by atoms with Crippen molar-refractivity contribution >= 4 is 17.3 Å². The van der Waals surface area contributed by atoms with Crippen molar-refractivity contribution in [1.82, 2.24) is 0 Å². The second-order valence-corrected chi connectivity index (χ2v) is 6.09. The molecule has 0 aliphatic heterocycles. The van der Waals surface area contributed by atoms with E-state index in [0.717, 1.165) is 0 Å². The van der Waals surface area contributed by atoms with Crippen molar-refractivity contribution in [1.29, 1.82) is 0 Å². The monoisotopic (exact) mass is 393 g/mol. The number of methoxy groups -OCH3 is 1. The highest BCUT2D eigenvalue weighted by Crippen LogP contribution is 2.28. The molecule has 0 amide bonds. The molecule has 0 fully saturated rings. The zero-order valence-corrected chi connectivity index (χ0v) is 13.6. The molecule has 1 atom stereocenters. The third-order valence-electron chi connectivity index (χ3n) is 3.15. The lowest BCUT2D eigenvalue weighted by molar-refractivity contribution is -0.410. The van der Waals surface area contributed by atoms with Gasteiger partial charge in [0.15, 0.2) is 28.2 Å². The summed E-state index contributed by atoms with van der Waals surface area (Å²) in [5.41, 5.74) is -1.56. The Balaban J connectivity index is 2.58. The van der Waals surface area contributed by atoms with Crippen LogP contribution in [0.3, 0.4) is 0 Å². The van der Waals surface area contributed by atoms with E-state index in [1.165, 1.54) is 31.4 Å². The van der Waals surface area contributed by atoms with Crippen molar-refractivity contribution < 1.29 is 36.2 Å². The number of hydrogen-bond donors (Lipinski definition) is 0. The number of ether oxygens (including phenoxy) is 1. The molecule has 2 rings (SSSR count). The Morgan fingerprint density at radius 3 is 1.88 bits per heavy atom. The van der Waals surface area contributed by atoms with Gasteiger partial charge in [0.05, 0.1) is 29.9 Å². The van der Waals surface area contributed by atoms with Gasteiger partial charge in [-0.05, 0) is 24.3 Å². The normalized spacial score (nSPS) is 12.8.